The van der Waals surface area contributed by atoms with Crippen molar-refractivity contribution in [1.29, 1.82) is 0 Å². The Morgan fingerprint density at radius 1 is 0.632 bits per heavy atom. The van der Waals surface area contributed by atoms with E-state index in [9.17, 15) is 0 Å². The van der Waals surface area contributed by atoms with E-state index in [2.05, 4.69) is 34.9 Å². The minimum absolute atomic E-state index is 1.24. The molecule has 0 amide bonds. The summed E-state index contributed by atoms with van der Waals surface area (Å²) in [6.07, 6.45) is 8.22. The SMILES string of the molecule is Cc1cc(N2CCCCC2)cc(N2CCCCC2)c1. The molecular weight excluding hydrogens is 232 g/mol. The first kappa shape index (κ1) is 12.8. The van der Waals surface area contributed by atoms with Crippen LogP contribution in [0.4, 0.5) is 11.4 Å². The average molecular weight is 258 g/mol. The Hall–Kier alpha value is -1.18. The van der Waals surface area contributed by atoms with Gasteiger partial charge in [-0.25, -0.2) is 0 Å². The highest BCUT2D eigenvalue weighted by molar-refractivity contribution is 5.62. The van der Waals surface area contributed by atoms with Gasteiger partial charge in [0.15, 0.2) is 0 Å². The van der Waals surface area contributed by atoms with Gasteiger partial charge in [-0.05, 0) is 69.2 Å². The fourth-order valence-corrected chi connectivity index (χ4v) is 3.41. The first-order chi connectivity index (χ1) is 9.33. The van der Waals surface area contributed by atoms with Gasteiger partial charge in [0.1, 0.15) is 0 Å². The fourth-order valence-electron chi connectivity index (χ4n) is 3.41. The molecule has 0 N–H and O–H groups in total. The molecule has 0 aromatic heterocycles. The summed E-state index contributed by atoms with van der Waals surface area (Å²) in [5, 5.41) is 0. The molecule has 0 saturated carbocycles. The number of anilines is 2. The Balaban J connectivity index is 1.82. The molecule has 104 valence electrons. The maximum Gasteiger partial charge on any atom is 0.0389 e. The maximum absolute atomic E-state index is 2.57. The van der Waals surface area contributed by atoms with Gasteiger partial charge < -0.3 is 9.80 Å². The molecule has 2 heterocycles. The number of hydrogen-bond donors (Lipinski definition) is 0. The summed E-state index contributed by atoms with van der Waals surface area (Å²) >= 11 is 0. The summed E-state index contributed by atoms with van der Waals surface area (Å²) in [5.74, 6) is 0. The smallest absolute Gasteiger partial charge is 0.0389 e. The van der Waals surface area contributed by atoms with Crippen LogP contribution in [0, 0.1) is 6.92 Å². The Labute approximate surface area is 117 Å². The Morgan fingerprint density at radius 3 is 1.47 bits per heavy atom. The van der Waals surface area contributed by atoms with Gasteiger partial charge in [0.05, 0.1) is 0 Å². The molecule has 1 aromatic rings. The summed E-state index contributed by atoms with van der Waals surface area (Å²) in [7, 11) is 0. The van der Waals surface area contributed by atoms with Crippen LogP contribution >= 0.6 is 0 Å². The number of hydrogen-bond acceptors (Lipinski definition) is 2. The van der Waals surface area contributed by atoms with Crippen LogP contribution in [0.15, 0.2) is 18.2 Å². The molecule has 0 atom stereocenters. The third-order valence-electron chi connectivity index (χ3n) is 4.49. The third-order valence-corrected chi connectivity index (χ3v) is 4.49. The van der Waals surface area contributed by atoms with Crippen molar-refractivity contribution in [3.8, 4) is 0 Å². The van der Waals surface area contributed by atoms with Crippen LogP contribution in [0.3, 0.4) is 0 Å². The van der Waals surface area contributed by atoms with Crippen molar-refractivity contribution in [2.45, 2.75) is 45.4 Å². The minimum atomic E-state index is 1.24. The van der Waals surface area contributed by atoms with E-state index in [-0.39, 0.29) is 0 Å². The highest BCUT2D eigenvalue weighted by Gasteiger charge is 2.15. The summed E-state index contributed by atoms with van der Waals surface area (Å²) in [5.41, 5.74) is 4.30. The van der Waals surface area contributed by atoms with E-state index < -0.39 is 0 Å². The van der Waals surface area contributed by atoms with Crippen molar-refractivity contribution in [3.05, 3.63) is 23.8 Å². The largest absolute Gasteiger partial charge is 0.371 e. The zero-order valence-corrected chi connectivity index (χ0v) is 12.2. The van der Waals surface area contributed by atoms with Crippen molar-refractivity contribution in [3.63, 3.8) is 0 Å². The molecule has 2 aliphatic heterocycles. The lowest BCUT2D eigenvalue weighted by Gasteiger charge is -2.33. The second kappa shape index (κ2) is 5.85. The summed E-state index contributed by atoms with van der Waals surface area (Å²) in [6, 6.07) is 7.14. The molecule has 0 aliphatic carbocycles. The number of nitrogens with zero attached hydrogens (tertiary/aromatic N) is 2. The number of piperidine rings is 2. The highest BCUT2D eigenvalue weighted by Crippen LogP contribution is 2.28. The van der Waals surface area contributed by atoms with E-state index in [1.807, 2.05) is 0 Å². The van der Waals surface area contributed by atoms with E-state index in [0.717, 1.165) is 0 Å². The van der Waals surface area contributed by atoms with Gasteiger partial charge in [-0.2, -0.15) is 0 Å². The van der Waals surface area contributed by atoms with E-state index in [0.29, 0.717) is 0 Å². The molecule has 0 radical (unpaired) electrons. The normalized spacial score (nSPS) is 20.7. The molecule has 2 saturated heterocycles. The summed E-state index contributed by atoms with van der Waals surface area (Å²) < 4.78 is 0. The molecule has 2 heteroatoms. The molecule has 1 aromatic carbocycles. The van der Waals surface area contributed by atoms with Crippen LogP contribution in [-0.4, -0.2) is 26.2 Å². The van der Waals surface area contributed by atoms with Crippen molar-refractivity contribution in [2.24, 2.45) is 0 Å². The van der Waals surface area contributed by atoms with Crippen molar-refractivity contribution >= 4 is 11.4 Å². The summed E-state index contributed by atoms with van der Waals surface area (Å²) in [6.45, 7) is 7.19. The number of benzene rings is 1. The molecule has 2 fully saturated rings. The molecule has 2 nitrogen and oxygen atoms in total. The Morgan fingerprint density at radius 2 is 1.05 bits per heavy atom. The summed E-state index contributed by atoms with van der Waals surface area (Å²) in [4.78, 5) is 5.15. The highest BCUT2D eigenvalue weighted by atomic mass is 15.2. The van der Waals surface area contributed by atoms with Crippen LogP contribution in [0.5, 0.6) is 0 Å². The minimum Gasteiger partial charge on any atom is -0.371 e. The number of aryl methyl sites for hydroxylation is 1. The Kier molecular flexibility index (Phi) is 3.95. The quantitative estimate of drug-likeness (QED) is 0.792. The van der Waals surface area contributed by atoms with E-state index in [1.165, 1.54) is 81.6 Å². The molecule has 3 rings (SSSR count). The van der Waals surface area contributed by atoms with Gasteiger partial charge in [0.25, 0.3) is 0 Å². The number of rotatable bonds is 2. The molecule has 2 aliphatic rings. The van der Waals surface area contributed by atoms with Gasteiger partial charge >= 0.3 is 0 Å². The standard InChI is InChI=1S/C17H26N2/c1-15-12-16(18-8-4-2-5-9-18)14-17(13-15)19-10-6-3-7-11-19/h12-14H,2-11H2,1H3. The van der Waals surface area contributed by atoms with E-state index in [1.54, 1.807) is 0 Å². The van der Waals surface area contributed by atoms with Gasteiger partial charge in [-0.15, -0.1) is 0 Å². The first-order valence-corrected chi connectivity index (χ1v) is 7.94. The average Bonchev–Trinajstić information content (AvgIpc) is 2.48. The second-order valence-electron chi connectivity index (χ2n) is 6.12. The molecular formula is C17H26N2. The third kappa shape index (κ3) is 3.05. The lowest BCUT2D eigenvalue weighted by Crippen LogP contribution is -2.31. The fraction of sp³-hybridized carbons (Fsp3) is 0.647. The lowest BCUT2D eigenvalue weighted by molar-refractivity contribution is 0.573. The zero-order valence-electron chi connectivity index (χ0n) is 12.2. The predicted octanol–water partition coefficient (Wildman–Crippen LogP) is 3.98. The van der Waals surface area contributed by atoms with Crippen LogP contribution in [0.2, 0.25) is 0 Å². The van der Waals surface area contributed by atoms with Gasteiger partial charge in [0.2, 0.25) is 0 Å². The molecule has 0 spiro atoms. The second-order valence-corrected chi connectivity index (χ2v) is 6.12. The van der Waals surface area contributed by atoms with Crippen LogP contribution in [0.25, 0.3) is 0 Å². The molecule has 0 bridgehead atoms. The van der Waals surface area contributed by atoms with Crippen LogP contribution in [0.1, 0.15) is 44.1 Å². The maximum atomic E-state index is 2.57. The van der Waals surface area contributed by atoms with Crippen molar-refractivity contribution < 1.29 is 0 Å². The van der Waals surface area contributed by atoms with E-state index >= 15 is 0 Å². The molecule has 0 unspecified atom stereocenters. The van der Waals surface area contributed by atoms with Gasteiger partial charge in [-0.3, -0.25) is 0 Å². The Bertz CT molecular complexity index is 379. The first-order valence-electron chi connectivity index (χ1n) is 7.94. The van der Waals surface area contributed by atoms with Crippen molar-refractivity contribution in [1.82, 2.24) is 0 Å². The topological polar surface area (TPSA) is 6.48 Å². The van der Waals surface area contributed by atoms with Gasteiger partial charge in [-0.1, -0.05) is 0 Å². The predicted molar refractivity (Wildman–Crippen MR) is 83.3 cm³/mol. The van der Waals surface area contributed by atoms with Crippen molar-refractivity contribution in [2.75, 3.05) is 36.0 Å². The lowest BCUT2D eigenvalue weighted by atomic mass is 10.1. The van der Waals surface area contributed by atoms with E-state index in [4.69, 9.17) is 0 Å². The van der Waals surface area contributed by atoms with Crippen LogP contribution in [-0.2, 0) is 0 Å². The zero-order chi connectivity index (χ0) is 13.1. The molecule has 19 heavy (non-hydrogen) atoms. The van der Waals surface area contributed by atoms with Crippen LogP contribution < -0.4 is 9.80 Å². The monoisotopic (exact) mass is 258 g/mol. The van der Waals surface area contributed by atoms with Gasteiger partial charge in [0, 0.05) is 37.6 Å².